The Balaban J connectivity index is 1.48. The summed E-state index contributed by atoms with van der Waals surface area (Å²) >= 11 is 0. The van der Waals surface area contributed by atoms with E-state index in [4.69, 9.17) is 4.84 Å². The van der Waals surface area contributed by atoms with E-state index in [1.165, 1.54) is 0 Å². The van der Waals surface area contributed by atoms with Gasteiger partial charge in [0, 0.05) is 24.4 Å². The van der Waals surface area contributed by atoms with E-state index in [1.54, 1.807) is 18.3 Å². The zero-order valence-electron chi connectivity index (χ0n) is 20.9. The summed E-state index contributed by atoms with van der Waals surface area (Å²) in [6.45, 7) is 3.95. The van der Waals surface area contributed by atoms with Crippen molar-refractivity contribution in [2.24, 2.45) is 11.1 Å². The molecule has 2 atom stereocenters. The number of carbonyl (C=O) groups excluding carboxylic acids is 2. The molecule has 4 rings (SSSR count). The third-order valence-electron chi connectivity index (χ3n) is 6.32. The van der Waals surface area contributed by atoms with Crippen LogP contribution in [0.5, 0.6) is 0 Å². The van der Waals surface area contributed by atoms with Gasteiger partial charge in [0.1, 0.15) is 0 Å². The molecular weight excluding hydrogens is 471 g/mol. The molecule has 4 N–H and O–H groups in total. The summed E-state index contributed by atoms with van der Waals surface area (Å²) in [5.41, 5.74) is 1.03. The second-order valence-corrected chi connectivity index (χ2v) is 9.77. The molecule has 2 heterocycles. The second kappa shape index (κ2) is 11.5. The number of rotatable bonds is 10. The fraction of sp³-hybridized carbons (Fsp3) is 0.333. The van der Waals surface area contributed by atoms with Gasteiger partial charge in [-0.05, 0) is 30.0 Å². The van der Waals surface area contributed by atoms with Crippen LogP contribution in [-0.2, 0) is 16.1 Å². The van der Waals surface area contributed by atoms with Gasteiger partial charge >= 0.3 is 7.12 Å². The van der Waals surface area contributed by atoms with Crippen molar-refractivity contribution >= 4 is 35.5 Å². The largest absolute Gasteiger partial charge is 0.475 e. The molecule has 10 heteroatoms. The van der Waals surface area contributed by atoms with E-state index >= 15 is 0 Å². The Morgan fingerprint density at radius 2 is 1.84 bits per heavy atom. The van der Waals surface area contributed by atoms with E-state index in [-0.39, 0.29) is 31.2 Å². The number of para-hydroxylation sites is 1. The molecule has 192 valence electrons. The molecule has 0 bridgehead atoms. The lowest BCUT2D eigenvalue weighted by Gasteiger charge is -2.29. The van der Waals surface area contributed by atoms with Gasteiger partial charge in [0.05, 0.1) is 29.3 Å². The fourth-order valence-electron chi connectivity index (χ4n) is 4.49. The number of carbonyl (C=O) groups is 2. The molecule has 2 aromatic carbocycles. The Morgan fingerprint density at radius 1 is 1.08 bits per heavy atom. The quantitative estimate of drug-likeness (QED) is 0.315. The van der Waals surface area contributed by atoms with Crippen molar-refractivity contribution in [2.45, 2.75) is 44.7 Å². The Hall–Kier alpha value is -3.76. The minimum atomic E-state index is -1.71. The van der Waals surface area contributed by atoms with E-state index in [0.717, 1.165) is 10.9 Å². The monoisotopic (exact) mass is 502 g/mol. The number of amides is 2. The Kier molecular flexibility index (Phi) is 8.20. The predicted octanol–water partition coefficient (Wildman–Crippen LogP) is 2.27. The molecule has 1 aromatic heterocycles. The third-order valence-corrected chi connectivity index (χ3v) is 6.32. The summed E-state index contributed by atoms with van der Waals surface area (Å²) in [6.07, 6.45) is 2.38. The number of fused-ring (bicyclic) bond motifs is 1. The predicted molar refractivity (Wildman–Crippen MR) is 142 cm³/mol. The zero-order valence-corrected chi connectivity index (χ0v) is 20.9. The van der Waals surface area contributed by atoms with Crippen LogP contribution in [0.3, 0.4) is 0 Å². The molecule has 3 aromatic rings. The van der Waals surface area contributed by atoms with Gasteiger partial charge in [-0.3, -0.25) is 14.6 Å². The standard InChI is InChI=1S/C27H31BN4O5/c1-18(2)14-23(28(35)36)31-26(34)27(15-19-8-4-3-5-9-19)16-21(32-37-27)17-30-25(33)22-12-6-10-20-11-7-13-29-24(20)22/h3-13,18,23,35-36H,14-17H2,1-2H3,(H,30,33)(H,31,34). The number of aromatic nitrogens is 1. The Morgan fingerprint density at radius 3 is 2.57 bits per heavy atom. The van der Waals surface area contributed by atoms with Crippen molar-refractivity contribution in [3.8, 4) is 0 Å². The smallest absolute Gasteiger partial charge is 0.426 e. The zero-order chi connectivity index (χ0) is 26.4. The first kappa shape index (κ1) is 26.3. The highest BCUT2D eigenvalue weighted by atomic mass is 16.7. The second-order valence-electron chi connectivity index (χ2n) is 9.77. The molecule has 1 aliphatic heterocycles. The number of oxime groups is 1. The first-order valence-corrected chi connectivity index (χ1v) is 12.3. The van der Waals surface area contributed by atoms with Crippen molar-refractivity contribution in [2.75, 3.05) is 6.54 Å². The van der Waals surface area contributed by atoms with E-state index in [2.05, 4.69) is 20.8 Å². The summed E-state index contributed by atoms with van der Waals surface area (Å²) in [4.78, 5) is 36.5. The average Bonchev–Trinajstić information content (AvgIpc) is 3.30. The number of pyridine rings is 1. The van der Waals surface area contributed by atoms with Crippen LogP contribution in [0.2, 0.25) is 0 Å². The highest BCUT2D eigenvalue weighted by molar-refractivity contribution is 6.43. The Bertz CT molecular complexity index is 1280. The van der Waals surface area contributed by atoms with Gasteiger partial charge < -0.3 is 25.5 Å². The van der Waals surface area contributed by atoms with Gasteiger partial charge in [-0.25, -0.2) is 0 Å². The summed E-state index contributed by atoms with van der Waals surface area (Å²) in [6, 6.07) is 18.5. The molecule has 2 unspecified atom stereocenters. The average molecular weight is 502 g/mol. The summed E-state index contributed by atoms with van der Waals surface area (Å²) in [5.74, 6) is -1.52. The van der Waals surface area contributed by atoms with Crippen LogP contribution in [0.4, 0.5) is 0 Å². The van der Waals surface area contributed by atoms with Crippen molar-refractivity contribution in [3.05, 3.63) is 78.0 Å². The van der Waals surface area contributed by atoms with Crippen LogP contribution in [0, 0.1) is 5.92 Å². The summed E-state index contributed by atoms with van der Waals surface area (Å²) in [5, 5.41) is 30.3. The first-order chi connectivity index (χ1) is 17.8. The van der Waals surface area contributed by atoms with Crippen LogP contribution < -0.4 is 10.6 Å². The topological polar surface area (TPSA) is 133 Å². The molecule has 0 spiro atoms. The minimum absolute atomic E-state index is 0.0872. The summed E-state index contributed by atoms with van der Waals surface area (Å²) in [7, 11) is -1.71. The number of benzene rings is 2. The minimum Gasteiger partial charge on any atom is -0.426 e. The highest BCUT2D eigenvalue weighted by Crippen LogP contribution is 2.29. The van der Waals surface area contributed by atoms with Crippen molar-refractivity contribution in [3.63, 3.8) is 0 Å². The number of hydrogen-bond acceptors (Lipinski definition) is 7. The molecule has 0 saturated carbocycles. The molecule has 0 aliphatic carbocycles. The number of nitrogens with one attached hydrogen (secondary N) is 2. The van der Waals surface area contributed by atoms with Crippen molar-refractivity contribution < 1.29 is 24.5 Å². The molecule has 2 amide bonds. The van der Waals surface area contributed by atoms with Crippen LogP contribution in [0.15, 0.2) is 72.0 Å². The molecule has 9 nitrogen and oxygen atoms in total. The Labute approximate surface area is 216 Å². The normalized spacial score (nSPS) is 17.7. The number of nitrogens with zero attached hydrogens (tertiary/aromatic N) is 2. The molecule has 1 aliphatic rings. The van der Waals surface area contributed by atoms with Crippen molar-refractivity contribution in [1.82, 2.24) is 15.6 Å². The third kappa shape index (κ3) is 6.33. The highest BCUT2D eigenvalue weighted by Gasteiger charge is 2.48. The van der Waals surface area contributed by atoms with Crippen LogP contribution >= 0.6 is 0 Å². The molecule has 0 fully saturated rings. The first-order valence-electron chi connectivity index (χ1n) is 12.3. The lowest BCUT2D eigenvalue weighted by atomic mass is 9.74. The van der Waals surface area contributed by atoms with E-state index in [0.29, 0.717) is 23.2 Å². The van der Waals surface area contributed by atoms with E-state index in [9.17, 15) is 19.6 Å². The molecule has 0 radical (unpaired) electrons. The maximum Gasteiger partial charge on any atom is 0.475 e. The molecular formula is C27H31BN4O5. The van der Waals surface area contributed by atoms with Gasteiger partial charge in [-0.2, -0.15) is 0 Å². The molecule has 0 saturated heterocycles. The van der Waals surface area contributed by atoms with Gasteiger partial charge in [-0.1, -0.05) is 67.5 Å². The molecule has 37 heavy (non-hydrogen) atoms. The van der Waals surface area contributed by atoms with Crippen molar-refractivity contribution in [1.29, 1.82) is 0 Å². The van der Waals surface area contributed by atoms with Gasteiger partial charge in [-0.15, -0.1) is 0 Å². The van der Waals surface area contributed by atoms with E-state index < -0.39 is 24.6 Å². The van der Waals surface area contributed by atoms with Crippen LogP contribution in [0.1, 0.15) is 42.6 Å². The van der Waals surface area contributed by atoms with Gasteiger partial charge in [0.15, 0.2) is 0 Å². The fourth-order valence-corrected chi connectivity index (χ4v) is 4.49. The van der Waals surface area contributed by atoms with Gasteiger partial charge in [0.25, 0.3) is 11.8 Å². The lowest BCUT2D eigenvalue weighted by Crippen LogP contribution is -2.56. The SMILES string of the molecule is CC(C)CC(NC(=O)C1(Cc2ccccc2)CC(CNC(=O)c2cccc3cccnc23)=NO1)B(O)O. The van der Waals surface area contributed by atoms with Crippen LogP contribution in [-0.4, -0.2) is 57.8 Å². The van der Waals surface area contributed by atoms with Crippen LogP contribution in [0.25, 0.3) is 10.9 Å². The van der Waals surface area contributed by atoms with E-state index in [1.807, 2.05) is 62.4 Å². The summed E-state index contributed by atoms with van der Waals surface area (Å²) < 4.78 is 0. The van der Waals surface area contributed by atoms with Gasteiger partial charge in [0.2, 0.25) is 5.60 Å². The maximum absolute atomic E-state index is 13.5. The number of hydrogen-bond donors (Lipinski definition) is 4. The maximum atomic E-state index is 13.5. The lowest BCUT2D eigenvalue weighted by molar-refractivity contribution is -0.144.